The predicted molar refractivity (Wildman–Crippen MR) is 149 cm³/mol. The zero-order chi connectivity index (χ0) is 30.2. The number of alkyl halides is 3. The second-order valence-corrected chi connectivity index (χ2v) is 11.3. The molecule has 0 radical (unpaired) electrons. The molecule has 4 aromatic rings. The van der Waals surface area contributed by atoms with Crippen molar-refractivity contribution in [3.05, 3.63) is 81.7 Å². The van der Waals surface area contributed by atoms with Gasteiger partial charge in [-0.1, -0.05) is 6.07 Å². The lowest BCUT2D eigenvalue weighted by Gasteiger charge is -2.29. The lowest BCUT2D eigenvalue weighted by atomic mass is 10.0. The molecule has 1 fully saturated rings. The molecule has 1 aliphatic rings. The first-order chi connectivity index (χ1) is 19.9. The largest absolute Gasteiger partial charge is 0.755 e. The Morgan fingerprint density at radius 1 is 1.19 bits per heavy atom. The highest BCUT2D eigenvalue weighted by Crippen LogP contribution is 2.46. The van der Waals surface area contributed by atoms with Crippen LogP contribution in [0.1, 0.15) is 47.2 Å². The van der Waals surface area contributed by atoms with Gasteiger partial charge in [-0.2, -0.15) is 5.10 Å². The summed E-state index contributed by atoms with van der Waals surface area (Å²) in [6.45, 7) is 1.69. The van der Waals surface area contributed by atoms with Crippen LogP contribution in [0.15, 0.2) is 59.2 Å². The van der Waals surface area contributed by atoms with Crippen LogP contribution in [0, 0.1) is 5.82 Å². The molecule has 1 unspecified atom stereocenters. The van der Waals surface area contributed by atoms with E-state index in [1.165, 1.54) is 47.1 Å². The number of nitrogens with zero attached hydrogens (tertiary/aromatic N) is 3. The molecule has 42 heavy (non-hydrogen) atoms. The lowest BCUT2D eigenvalue weighted by molar-refractivity contribution is -0.274. The van der Waals surface area contributed by atoms with Crippen LogP contribution in [-0.2, 0) is 22.4 Å². The third kappa shape index (κ3) is 6.60. The van der Waals surface area contributed by atoms with Gasteiger partial charge in [0.2, 0.25) is 0 Å². The Morgan fingerprint density at radius 3 is 2.52 bits per heavy atom. The monoisotopic (exact) mass is 668 g/mol. The fourth-order valence-corrected chi connectivity index (χ4v) is 5.53. The Morgan fingerprint density at radius 2 is 1.90 bits per heavy atom. The SMILES string of the molecule is CCOC(=O)c1c(-c2ccc(F)cc2)nn2cc(N(CCc3ccc(Br)c(OC(F)(F)F)c3)S(=O)[O-])c(C3CC3)cc12. The average Bonchev–Trinajstić information content (AvgIpc) is 3.70. The highest BCUT2D eigenvalue weighted by atomic mass is 79.9. The second-order valence-electron chi connectivity index (χ2n) is 9.55. The maximum atomic E-state index is 13.6. The first-order valence-electron chi connectivity index (χ1n) is 12.9. The number of hydrogen-bond acceptors (Lipinski definition) is 6. The number of fused-ring (bicyclic) bond motifs is 1. The molecule has 0 aliphatic heterocycles. The molecule has 1 aliphatic carbocycles. The van der Waals surface area contributed by atoms with Gasteiger partial charge in [0.15, 0.2) is 0 Å². The van der Waals surface area contributed by atoms with Crippen LogP contribution >= 0.6 is 15.9 Å². The van der Waals surface area contributed by atoms with E-state index in [1.54, 1.807) is 19.1 Å². The van der Waals surface area contributed by atoms with E-state index in [0.717, 1.165) is 17.1 Å². The number of esters is 1. The van der Waals surface area contributed by atoms with Crippen molar-refractivity contribution >= 4 is 44.4 Å². The Hall–Kier alpha value is -3.49. The summed E-state index contributed by atoms with van der Waals surface area (Å²) in [7, 11) is 0. The van der Waals surface area contributed by atoms with E-state index in [9.17, 15) is 31.1 Å². The van der Waals surface area contributed by atoms with Gasteiger partial charge in [0.05, 0.1) is 28.5 Å². The first kappa shape index (κ1) is 30.0. The van der Waals surface area contributed by atoms with Gasteiger partial charge < -0.3 is 18.3 Å². The van der Waals surface area contributed by atoms with Crippen molar-refractivity contribution in [1.82, 2.24) is 9.61 Å². The molecule has 2 aromatic heterocycles. The molecule has 5 rings (SSSR count). The van der Waals surface area contributed by atoms with Crippen LogP contribution in [0.5, 0.6) is 5.75 Å². The normalized spacial score (nSPS) is 14.2. The van der Waals surface area contributed by atoms with Crippen molar-refractivity contribution in [3.63, 3.8) is 0 Å². The maximum Gasteiger partial charge on any atom is 0.573 e. The third-order valence-corrected chi connectivity index (χ3v) is 8.06. The number of rotatable bonds is 10. The Kier molecular flexibility index (Phi) is 8.58. The van der Waals surface area contributed by atoms with Gasteiger partial charge in [0.1, 0.15) is 22.8 Å². The molecular formula is C28H23BrF4N3O5S-. The number of pyridine rings is 1. The molecule has 2 aromatic carbocycles. The summed E-state index contributed by atoms with van der Waals surface area (Å²) >= 11 is 0.275. The quantitative estimate of drug-likeness (QED) is 0.106. The van der Waals surface area contributed by atoms with E-state index in [1.807, 2.05) is 0 Å². The van der Waals surface area contributed by atoms with Gasteiger partial charge in [0, 0.05) is 23.4 Å². The van der Waals surface area contributed by atoms with Crippen molar-refractivity contribution < 1.29 is 40.6 Å². The maximum absolute atomic E-state index is 13.6. The minimum Gasteiger partial charge on any atom is -0.755 e. The number of halogens is 5. The number of hydrogen-bond donors (Lipinski definition) is 0. The summed E-state index contributed by atoms with van der Waals surface area (Å²) in [5.41, 5.74) is 2.70. The Bertz CT molecular complexity index is 1660. The number of carbonyl (C=O) groups is 1. The summed E-state index contributed by atoms with van der Waals surface area (Å²) in [5, 5.41) is 4.55. The van der Waals surface area contributed by atoms with Crippen LogP contribution < -0.4 is 9.04 Å². The van der Waals surface area contributed by atoms with Gasteiger partial charge >= 0.3 is 12.3 Å². The Balaban J connectivity index is 1.56. The molecule has 222 valence electrons. The molecule has 8 nitrogen and oxygen atoms in total. The third-order valence-electron chi connectivity index (χ3n) is 6.67. The highest BCUT2D eigenvalue weighted by Gasteiger charge is 2.33. The number of carbonyl (C=O) groups excluding carboxylic acids is 1. The summed E-state index contributed by atoms with van der Waals surface area (Å²) in [4.78, 5) is 13.1. The predicted octanol–water partition coefficient (Wildman–Crippen LogP) is 6.70. The number of ether oxygens (including phenoxy) is 2. The molecule has 0 N–H and O–H groups in total. The van der Waals surface area contributed by atoms with Crippen LogP contribution in [0.2, 0.25) is 0 Å². The van der Waals surface area contributed by atoms with E-state index in [4.69, 9.17) is 4.74 Å². The van der Waals surface area contributed by atoms with E-state index >= 15 is 0 Å². The van der Waals surface area contributed by atoms with E-state index in [0.29, 0.717) is 27.9 Å². The smallest absolute Gasteiger partial charge is 0.573 e. The molecule has 2 heterocycles. The zero-order valence-electron chi connectivity index (χ0n) is 22.0. The molecule has 0 spiro atoms. The highest BCUT2D eigenvalue weighted by molar-refractivity contribution is 9.10. The van der Waals surface area contributed by atoms with Crippen LogP contribution in [0.3, 0.4) is 0 Å². The van der Waals surface area contributed by atoms with Gasteiger partial charge in [-0.25, -0.2) is 13.7 Å². The second kappa shape index (κ2) is 12.0. The summed E-state index contributed by atoms with van der Waals surface area (Å²) < 4.78 is 89.0. The summed E-state index contributed by atoms with van der Waals surface area (Å²) in [6, 6.07) is 11.3. The summed E-state index contributed by atoms with van der Waals surface area (Å²) in [5.74, 6) is -1.49. The van der Waals surface area contributed by atoms with Crippen LogP contribution in [-0.4, -0.2) is 43.9 Å². The van der Waals surface area contributed by atoms with Gasteiger partial charge in [-0.05, 0) is 102 Å². The zero-order valence-corrected chi connectivity index (χ0v) is 24.4. The molecule has 14 heteroatoms. The van der Waals surface area contributed by atoms with Gasteiger partial charge in [-0.3, -0.25) is 4.21 Å². The topological polar surface area (TPSA) is 96.2 Å². The summed E-state index contributed by atoms with van der Waals surface area (Å²) in [6.07, 6.45) is -1.70. The van der Waals surface area contributed by atoms with E-state index in [2.05, 4.69) is 25.8 Å². The number of anilines is 1. The molecule has 1 atom stereocenters. The fraction of sp³-hybridized carbons (Fsp3) is 0.286. The van der Waals surface area contributed by atoms with Crippen molar-refractivity contribution in [2.24, 2.45) is 0 Å². The van der Waals surface area contributed by atoms with Crippen molar-refractivity contribution in [1.29, 1.82) is 0 Å². The van der Waals surface area contributed by atoms with Gasteiger partial charge in [0.25, 0.3) is 0 Å². The number of benzene rings is 2. The van der Waals surface area contributed by atoms with Crippen LogP contribution in [0.4, 0.5) is 23.2 Å². The van der Waals surface area contributed by atoms with Crippen molar-refractivity contribution in [2.45, 2.75) is 38.5 Å². The lowest BCUT2D eigenvalue weighted by Crippen LogP contribution is -2.29. The average molecular weight is 669 g/mol. The van der Waals surface area contributed by atoms with Gasteiger partial charge in [-0.15, -0.1) is 13.2 Å². The fourth-order valence-electron chi connectivity index (χ4n) is 4.65. The number of aromatic nitrogens is 2. The molecule has 0 bridgehead atoms. The first-order valence-corrected chi connectivity index (χ1v) is 14.7. The van der Waals surface area contributed by atoms with Crippen LogP contribution in [0.25, 0.3) is 16.8 Å². The van der Waals surface area contributed by atoms with Crippen molar-refractivity contribution in [3.8, 4) is 17.0 Å². The van der Waals surface area contributed by atoms with E-state index < -0.39 is 35.2 Å². The van der Waals surface area contributed by atoms with E-state index in [-0.39, 0.29) is 41.2 Å². The standard InChI is InChI=1S/C28H24BrF4N3O5S/c1-2-40-27(37)25-22-14-20(17-4-5-17)23(15-35(22)34-26(25)18-6-8-19(30)9-7-18)36(42(38)39)12-11-16-3-10-21(29)24(13-16)41-28(31,32)33/h3,6-10,13-15,17H,2,4-5,11-12H2,1H3,(H,38,39)/p-1. The Labute approximate surface area is 248 Å². The minimum atomic E-state index is -4.89. The van der Waals surface area contributed by atoms with Crippen molar-refractivity contribution in [2.75, 3.05) is 17.5 Å². The molecule has 0 saturated heterocycles. The molecular weight excluding hydrogens is 646 g/mol. The molecule has 1 saturated carbocycles. The molecule has 0 amide bonds. The minimum absolute atomic E-state index is 0.0368.